The SMILES string of the molecule is Cc1nc(C)c2c(=O)[nH]cnc2c1F. The zero-order valence-electron chi connectivity index (χ0n) is 7.76. The average molecular weight is 193 g/mol. The molecule has 0 spiro atoms. The predicted molar refractivity (Wildman–Crippen MR) is 49.6 cm³/mol. The maximum Gasteiger partial charge on any atom is 0.260 e. The lowest BCUT2D eigenvalue weighted by Gasteiger charge is -2.02. The summed E-state index contributed by atoms with van der Waals surface area (Å²) in [6.45, 7) is 3.20. The molecule has 0 fully saturated rings. The topological polar surface area (TPSA) is 58.6 Å². The Hall–Kier alpha value is -1.78. The highest BCUT2D eigenvalue weighted by atomic mass is 19.1. The van der Waals surface area contributed by atoms with E-state index >= 15 is 0 Å². The molecule has 0 aliphatic rings. The number of hydrogen-bond donors (Lipinski definition) is 1. The third-order valence-electron chi connectivity index (χ3n) is 2.08. The van der Waals surface area contributed by atoms with E-state index in [0.29, 0.717) is 5.69 Å². The zero-order chi connectivity index (χ0) is 10.3. The summed E-state index contributed by atoms with van der Waals surface area (Å²) in [5.41, 5.74) is 0.471. The molecule has 2 heterocycles. The minimum Gasteiger partial charge on any atom is -0.313 e. The molecule has 0 saturated heterocycles. The Balaban J connectivity index is 3.10. The maximum absolute atomic E-state index is 13.5. The van der Waals surface area contributed by atoms with Crippen molar-refractivity contribution in [3.05, 3.63) is 33.9 Å². The Labute approximate surface area is 78.8 Å². The first-order valence-corrected chi connectivity index (χ1v) is 4.11. The molecule has 2 aromatic heterocycles. The number of halogens is 1. The van der Waals surface area contributed by atoms with Gasteiger partial charge in [0.2, 0.25) is 0 Å². The minimum atomic E-state index is -0.531. The Morgan fingerprint density at radius 1 is 1.36 bits per heavy atom. The molecule has 0 unspecified atom stereocenters. The van der Waals surface area contributed by atoms with Crippen molar-refractivity contribution in [3.8, 4) is 0 Å². The number of nitrogens with zero attached hydrogens (tertiary/aromatic N) is 2. The molecule has 4 nitrogen and oxygen atoms in total. The second-order valence-corrected chi connectivity index (χ2v) is 3.05. The molecule has 2 aromatic rings. The number of rotatable bonds is 0. The quantitative estimate of drug-likeness (QED) is 0.680. The molecular formula is C9H8FN3O. The second-order valence-electron chi connectivity index (χ2n) is 3.05. The summed E-state index contributed by atoms with van der Waals surface area (Å²) in [6.07, 6.45) is 1.19. The van der Waals surface area contributed by atoms with Crippen molar-refractivity contribution in [2.45, 2.75) is 13.8 Å². The number of aromatic amines is 1. The fourth-order valence-electron chi connectivity index (χ4n) is 1.43. The Morgan fingerprint density at radius 3 is 2.79 bits per heavy atom. The first-order chi connectivity index (χ1) is 6.61. The molecule has 0 radical (unpaired) electrons. The van der Waals surface area contributed by atoms with E-state index in [0.717, 1.165) is 0 Å². The average Bonchev–Trinajstić information content (AvgIpc) is 2.14. The molecule has 0 saturated carbocycles. The summed E-state index contributed by atoms with van der Waals surface area (Å²) in [6, 6.07) is 0. The van der Waals surface area contributed by atoms with Crippen molar-refractivity contribution in [2.75, 3.05) is 0 Å². The molecule has 0 amide bonds. The molecule has 14 heavy (non-hydrogen) atoms. The van der Waals surface area contributed by atoms with Crippen molar-refractivity contribution >= 4 is 10.9 Å². The van der Waals surface area contributed by atoms with Gasteiger partial charge in [-0.2, -0.15) is 0 Å². The van der Waals surface area contributed by atoms with Crippen LogP contribution in [0.1, 0.15) is 11.4 Å². The van der Waals surface area contributed by atoms with Crippen LogP contribution in [0, 0.1) is 19.7 Å². The third kappa shape index (κ3) is 1.09. The summed E-state index contributed by atoms with van der Waals surface area (Å²) in [5.74, 6) is -0.531. The lowest BCUT2D eigenvalue weighted by Crippen LogP contribution is -2.11. The summed E-state index contributed by atoms with van der Waals surface area (Å²) in [4.78, 5) is 21.5. The van der Waals surface area contributed by atoms with Crippen LogP contribution in [-0.4, -0.2) is 15.0 Å². The highest BCUT2D eigenvalue weighted by Gasteiger charge is 2.11. The molecule has 0 atom stereocenters. The van der Waals surface area contributed by atoms with Crippen LogP contribution >= 0.6 is 0 Å². The number of nitrogens with one attached hydrogen (secondary N) is 1. The van der Waals surface area contributed by atoms with E-state index in [2.05, 4.69) is 15.0 Å². The second kappa shape index (κ2) is 2.87. The van der Waals surface area contributed by atoms with Gasteiger partial charge in [-0.15, -0.1) is 0 Å². The lowest BCUT2D eigenvalue weighted by molar-refractivity contribution is 0.618. The van der Waals surface area contributed by atoms with Gasteiger partial charge in [-0.25, -0.2) is 9.37 Å². The summed E-state index contributed by atoms with van der Waals surface area (Å²) < 4.78 is 13.5. The van der Waals surface area contributed by atoms with Gasteiger partial charge in [0.1, 0.15) is 5.52 Å². The summed E-state index contributed by atoms with van der Waals surface area (Å²) in [7, 11) is 0. The fourth-order valence-corrected chi connectivity index (χ4v) is 1.43. The van der Waals surface area contributed by atoms with Crippen LogP contribution in [0.15, 0.2) is 11.1 Å². The molecule has 72 valence electrons. The van der Waals surface area contributed by atoms with Crippen LogP contribution in [0.5, 0.6) is 0 Å². The van der Waals surface area contributed by atoms with Crippen molar-refractivity contribution in [2.24, 2.45) is 0 Å². The van der Waals surface area contributed by atoms with Crippen molar-refractivity contribution in [1.29, 1.82) is 0 Å². The molecule has 1 N–H and O–H groups in total. The van der Waals surface area contributed by atoms with Crippen LogP contribution in [0.25, 0.3) is 10.9 Å². The van der Waals surface area contributed by atoms with E-state index < -0.39 is 5.82 Å². The van der Waals surface area contributed by atoms with E-state index in [1.54, 1.807) is 13.8 Å². The van der Waals surface area contributed by atoms with Gasteiger partial charge in [0.05, 0.1) is 23.1 Å². The van der Waals surface area contributed by atoms with E-state index in [-0.39, 0.29) is 22.2 Å². The van der Waals surface area contributed by atoms with E-state index in [4.69, 9.17) is 0 Å². The van der Waals surface area contributed by atoms with Crippen molar-refractivity contribution < 1.29 is 4.39 Å². The monoisotopic (exact) mass is 193 g/mol. The minimum absolute atomic E-state index is 0.0822. The first kappa shape index (κ1) is 8.80. The van der Waals surface area contributed by atoms with Crippen LogP contribution in [0.4, 0.5) is 4.39 Å². The molecular weight excluding hydrogens is 185 g/mol. The molecule has 0 aromatic carbocycles. The Kier molecular flexibility index (Phi) is 1.80. The molecule has 0 aliphatic carbocycles. The van der Waals surface area contributed by atoms with Gasteiger partial charge < -0.3 is 4.98 Å². The van der Waals surface area contributed by atoms with Crippen LogP contribution < -0.4 is 5.56 Å². The van der Waals surface area contributed by atoms with E-state index in [9.17, 15) is 9.18 Å². The highest BCUT2D eigenvalue weighted by Crippen LogP contribution is 2.15. The van der Waals surface area contributed by atoms with Crippen LogP contribution in [0.2, 0.25) is 0 Å². The number of pyridine rings is 1. The van der Waals surface area contributed by atoms with Crippen LogP contribution in [-0.2, 0) is 0 Å². The first-order valence-electron chi connectivity index (χ1n) is 4.11. The van der Waals surface area contributed by atoms with Gasteiger partial charge in [0.15, 0.2) is 5.82 Å². The van der Waals surface area contributed by atoms with E-state index in [1.165, 1.54) is 6.33 Å². The largest absolute Gasteiger partial charge is 0.313 e. The van der Waals surface area contributed by atoms with Crippen molar-refractivity contribution in [1.82, 2.24) is 15.0 Å². The van der Waals surface area contributed by atoms with Gasteiger partial charge in [0.25, 0.3) is 5.56 Å². The number of hydrogen-bond acceptors (Lipinski definition) is 3. The predicted octanol–water partition coefficient (Wildman–Crippen LogP) is 1.07. The lowest BCUT2D eigenvalue weighted by atomic mass is 10.2. The van der Waals surface area contributed by atoms with Gasteiger partial charge in [-0.1, -0.05) is 0 Å². The smallest absolute Gasteiger partial charge is 0.260 e. The number of H-pyrrole nitrogens is 1. The Bertz CT molecular complexity index is 562. The normalized spacial score (nSPS) is 10.8. The maximum atomic E-state index is 13.5. The van der Waals surface area contributed by atoms with Gasteiger partial charge >= 0.3 is 0 Å². The molecule has 5 heteroatoms. The summed E-state index contributed by atoms with van der Waals surface area (Å²) in [5, 5.41) is 0.218. The number of fused-ring (bicyclic) bond motifs is 1. The van der Waals surface area contributed by atoms with Gasteiger partial charge in [-0.05, 0) is 13.8 Å². The number of aromatic nitrogens is 3. The Morgan fingerprint density at radius 2 is 2.07 bits per heavy atom. The molecule has 2 rings (SSSR count). The van der Waals surface area contributed by atoms with Crippen molar-refractivity contribution in [3.63, 3.8) is 0 Å². The number of aryl methyl sites for hydroxylation is 2. The highest BCUT2D eigenvalue weighted by molar-refractivity contribution is 5.80. The molecule has 0 bridgehead atoms. The third-order valence-corrected chi connectivity index (χ3v) is 2.08. The molecule has 0 aliphatic heterocycles. The zero-order valence-corrected chi connectivity index (χ0v) is 7.76. The van der Waals surface area contributed by atoms with Gasteiger partial charge in [-0.3, -0.25) is 9.78 Å². The standard InChI is InChI=1S/C9H8FN3O/c1-4-6-8(7(10)5(2)13-4)11-3-12-9(6)14/h3H,1-2H3,(H,11,12,14). The fraction of sp³-hybridized carbons (Fsp3) is 0.222. The van der Waals surface area contributed by atoms with Crippen LogP contribution in [0.3, 0.4) is 0 Å². The van der Waals surface area contributed by atoms with Gasteiger partial charge in [0, 0.05) is 0 Å². The van der Waals surface area contributed by atoms with E-state index in [1.807, 2.05) is 0 Å². The summed E-state index contributed by atoms with van der Waals surface area (Å²) >= 11 is 0.